The Morgan fingerprint density at radius 2 is 1.67 bits per heavy atom. The summed E-state index contributed by atoms with van der Waals surface area (Å²) < 4.78 is 0. The third-order valence-corrected chi connectivity index (χ3v) is 6.85. The molecule has 3 atom stereocenters. The molecule has 2 aromatic rings. The molecule has 0 N–H and O–H groups in total. The van der Waals surface area contributed by atoms with Crippen LogP contribution in [0.4, 0.5) is 0 Å². The number of hydrogen-bond donors (Lipinski definition) is 0. The molecule has 3 aliphatic rings. The molecule has 1 saturated heterocycles. The molecule has 0 amide bonds. The summed E-state index contributed by atoms with van der Waals surface area (Å²) >= 11 is 0. The predicted octanol–water partition coefficient (Wildman–Crippen LogP) is 4.15. The van der Waals surface area contributed by atoms with Crippen molar-refractivity contribution in [3.63, 3.8) is 0 Å². The summed E-state index contributed by atoms with van der Waals surface area (Å²) in [5.41, 5.74) is 1.49. The number of piperazine rings is 1. The van der Waals surface area contributed by atoms with Gasteiger partial charge in [-0.05, 0) is 47.4 Å². The second-order valence-electron chi connectivity index (χ2n) is 8.19. The topological polar surface area (TPSA) is 6.48 Å². The first-order valence-electron chi connectivity index (χ1n) is 9.80. The van der Waals surface area contributed by atoms with Gasteiger partial charge in [0.05, 0.1) is 0 Å². The lowest BCUT2D eigenvalue weighted by molar-refractivity contribution is 0.0681. The molecule has 2 heteroatoms. The van der Waals surface area contributed by atoms with Crippen LogP contribution in [0.25, 0.3) is 10.8 Å². The van der Waals surface area contributed by atoms with Crippen LogP contribution in [0, 0.1) is 11.8 Å². The van der Waals surface area contributed by atoms with Crippen LogP contribution in [0.1, 0.15) is 31.2 Å². The van der Waals surface area contributed by atoms with E-state index in [0.29, 0.717) is 0 Å². The zero-order valence-corrected chi connectivity index (χ0v) is 14.5. The molecule has 126 valence electrons. The fourth-order valence-corrected chi connectivity index (χ4v) is 5.58. The summed E-state index contributed by atoms with van der Waals surface area (Å²) in [4.78, 5) is 5.48. The molecular weight excluding hydrogens is 292 g/mol. The summed E-state index contributed by atoms with van der Waals surface area (Å²) in [6.45, 7) is 6.12. The molecular formula is C22H28N2. The molecule has 2 aromatic carbocycles. The van der Waals surface area contributed by atoms with Crippen molar-refractivity contribution in [1.82, 2.24) is 9.80 Å². The van der Waals surface area contributed by atoms with Crippen LogP contribution >= 0.6 is 0 Å². The number of fused-ring (bicyclic) bond motifs is 3. The van der Waals surface area contributed by atoms with Crippen LogP contribution in [0.3, 0.4) is 0 Å². The molecule has 5 rings (SSSR count). The number of hydrogen-bond acceptors (Lipinski definition) is 2. The highest BCUT2D eigenvalue weighted by Gasteiger charge is 2.42. The highest BCUT2D eigenvalue weighted by Crippen LogP contribution is 2.46. The lowest BCUT2D eigenvalue weighted by Crippen LogP contribution is -2.51. The fraction of sp³-hybridized carbons (Fsp3) is 0.545. The molecule has 2 bridgehead atoms. The Balaban J connectivity index is 1.24. The maximum Gasteiger partial charge on any atom is 0.0240 e. The molecule has 2 aliphatic carbocycles. The second-order valence-corrected chi connectivity index (χ2v) is 8.19. The van der Waals surface area contributed by atoms with Gasteiger partial charge < -0.3 is 0 Å². The van der Waals surface area contributed by atoms with Gasteiger partial charge in [0, 0.05) is 38.8 Å². The van der Waals surface area contributed by atoms with Gasteiger partial charge in [0.15, 0.2) is 0 Å². The molecule has 24 heavy (non-hydrogen) atoms. The Kier molecular flexibility index (Phi) is 3.83. The van der Waals surface area contributed by atoms with Crippen molar-refractivity contribution in [1.29, 1.82) is 0 Å². The standard InChI is InChI=1S/C22H28N2/c1-2-7-21-18(4-1)5-3-6-20(21)16-23-10-12-24(13-11-23)22-15-17-8-9-19(22)14-17/h1-7,17,19,22H,8-16H2/t17-,19-,22+/m1/s1. The molecule has 0 unspecified atom stereocenters. The summed E-state index contributed by atoms with van der Waals surface area (Å²) in [6, 6.07) is 16.5. The zero-order valence-electron chi connectivity index (χ0n) is 14.5. The van der Waals surface area contributed by atoms with E-state index in [2.05, 4.69) is 52.3 Å². The van der Waals surface area contributed by atoms with E-state index in [1.54, 1.807) is 0 Å². The van der Waals surface area contributed by atoms with Crippen LogP contribution in [-0.2, 0) is 6.54 Å². The minimum absolute atomic E-state index is 0.920. The van der Waals surface area contributed by atoms with Crippen LogP contribution < -0.4 is 0 Å². The van der Waals surface area contributed by atoms with Crippen molar-refractivity contribution in [2.75, 3.05) is 26.2 Å². The summed E-state index contributed by atoms with van der Waals surface area (Å²) in [7, 11) is 0. The van der Waals surface area contributed by atoms with E-state index in [4.69, 9.17) is 0 Å². The summed E-state index contributed by atoms with van der Waals surface area (Å²) in [5, 5.41) is 2.80. The van der Waals surface area contributed by atoms with E-state index >= 15 is 0 Å². The van der Waals surface area contributed by atoms with E-state index in [1.165, 1.54) is 68.2 Å². The minimum atomic E-state index is 0.920. The Labute approximate surface area is 145 Å². The molecule has 1 heterocycles. The van der Waals surface area contributed by atoms with Crippen LogP contribution in [0.15, 0.2) is 42.5 Å². The Bertz CT molecular complexity index is 711. The van der Waals surface area contributed by atoms with Crippen molar-refractivity contribution >= 4 is 10.8 Å². The molecule has 0 aromatic heterocycles. The first-order valence-corrected chi connectivity index (χ1v) is 9.80. The number of rotatable bonds is 3. The van der Waals surface area contributed by atoms with Crippen molar-refractivity contribution in [2.24, 2.45) is 11.8 Å². The molecule has 1 aliphatic heterocycles. The lowest BCUT2D eigenvalue weighted by Gasteiger charge is -2.41. The largest absolute Gasteiger partial charge is 0.298 e. The summed E-state index contributed by atoms with van der Waals surface area (Å²) in [5.74, 6) is 2.09. The highest BCUT2D eigenvalue weighted by atomic mass is 15.3. The van der Waals surface area contributed by atoms with E-state index < -0.39 is 0 Å². The quantitative estimate of drug-likeness (QED) is 0.838. The first-order chi connectivity index (χ1) is 11.9. The van der Waals surface area contributed by atoms with Gasteiger partial charge in [-0.15, -0.1) is 0 Å². The van der Waals surface area contributed by atoms with Crippen molar-refractivity contribution < 1.29 is 0 Å². The number of nitrogens with zero attached hydrogens (tertiary/aromatic N) is 2. The van der Waals surface area contributed by atoms with E-state index in [1.807, 2.05) is 0 Å². The monoisotopic (exact) mass is 320 g/mol. The Morgan fingerprint density at radius 1 is 0.833 bits per heavy atom. The number of benzene rings is 2. The minimum Gasteiger partial charge on any atom is -0.298 e. The van der Waals surface area contributed by atoms with Crippen LogP contribution in [-0.4, -0.2) is 42.0 Å². The maximum absolute atomic E-state index is 2.82. The van der Waals surface area contributed by atoms with Gasteiger partial charge in [-0.25, -0.2) is 0 Å². The second kappa shape index (κ2) is 6.16. The Morgan fingerprint density at radius 3 is 2.46 bits per heavy atom. The van der Waals surface area contributed by atoms with Crippen LogP contribution in [0.5, 0.6) is 0 Å². The van der Waals surface area contributed by atoms with Crippen molar-refractivity contribution in [2.45, 2.75) is 38.3 Å². The molecule has 0 spiro atoms. The van der Waals surface area contributed by atoms with E-state index in [9.17, 15) is 0 Å². The van der Waals surface area contributed by atoms with Crippen molar-refractivity contribution in [3.05, 3.63) is 48.0 Å². The highest BCUT2D eigenvalue weighted by molar-refractivity contribution is 5.85. The lowest BCUT2D eigenvalue weighted by atomic mass is 9.93. The van der Waals surface area contributed by atoms with Gasteiger partial charge in [-0.1, -0.05) is 48.9 Å². The third-order valence-electron chi connectivity index (χ3n) is 6.85. The predicted molar refractivity (Wildman–Crippen MR) is 100 cm³/mol. The SMILES string of the molecule is c1ccc2c(CN3CCN([C@H]4C[C@@H]5CC[C@@H]4C5)CC3)cccc2c1. The molecule has 2 saturated carbocycles. The molecule has 3 fully saturated rings. The fourth-order valence-electron chi connectivity index (χ4n) is 5.58. The molecule has 2 nitrogen and oxygen atoms in total. The van der Waals surface area contributed by atoms with Gasteiger partial charge in [0.1, 0.15) is 0 Å². The van der Waals surface area contributed by atoms with Crippen molar-refractivity contribution in [3.8, 4) is 0 Å². The van der Waals surface area contributed by atoms with Gasteiger partial charge in [0.25, 0.3) is 0 Å². The summed E-state index contributed by atoms with van der Waals surface area (Å²) in [6.07, 6.45) is 6.04. The van der Waals surface area contributed by atoms with Gasteiger partial charge in [0.2, 0.25) is 0 Å². The van der Waals surface area contributed by atoms with E-state index in [0.717, 1.165) is 24.4 Å². The normalized spacial score (nSPS) is 31.1. The third kappa shape index (κ3) is 2.66. The maximum atomic E-state index is 2.82. The molecule has 0 radical (unpaired) electrons. The average molecular weight is 320 g/mol. The first kappa shape index (κ1) is 14.9. The van der Waals surface area contributed by atoms with Gasteiger partial charge in [-0.2, -0.15) is 0 Å². The Hall–Kier alpha value is -1.38. The van der Waals surface area contributed by atoms with E-state index in [-0.39, 0.29) is 0 Å². The smallest absolute Gasteiger partial charge is 0.0240 e. The zero-order chi connectivity index (χ0) is 15.9. The average Bonchev–Trinajstić information content (AvgIpc) is 3.26. The van der Waals surface area contributed by atoms with Crippen LogP contribution in [0.2, 0.25) is 0 Å². The van der Waals surface area contributed by atoms with Gasteiger partial charge in [-0.3, -0.25) is 9.80 Å². The van der Waals surface area contributed by atoms with Gasteiger partial charge >= 0.3 is 0 Å².